The molecule has 0 atom stereocenters. The van der Waals surface area contributed by atoms with Gasteiger partial charge in [-0.25, -0.2) is 4.98 Å². The summed E-state index contributed by atoms with van der Waals surface area (Å²) in [5.41, 5.74) is 0.873. The zero-order valence-electron chi connectivity index (χ0n) is 18.4. The second-order valence-electron chi connectivity index (χ2n) is 7.59. The Bertz CT molecular complexity index is 1000. The van der Waals surface area contributed by atoms with Crippen molar-refractivity contribution in [2.75, 3.05) is 58.0 Å². The molecule has 0 radical (unpaired) electrons. The van der Waals surface area contributed by atoms with Crippen LogP contribution in [0.1, 0.15) is 12.8 Å². The van der Waals surface area contributed by atoms with Gasteiger partial charge >= 0.3 is 0 Å². The third kappa shape index (κ3) is 5.97. The number of benzene rings is 2. The van der Waals surface area contributed by atoms with Crippen LogP contribution in [0.25, 0.3) is 10.2 Å². The van der Waals surface area contributed by atoms with Crippen LogP contribution >= 0.6 is 11.3 Å². The summed E-state index contributed by atoms with van der Waals surface area (Å²) in [5.74, 6) is 1.58. The first-order valence-corrected chi connectivity index (χ1v) is 11.8. The quantitative estimate of drug-likeness (QED) is 0.463. The van der Waals surface area contributed by atoms with Crippen molar-refractivity contribution in [2.24, 2.45) is 0 Å². The molecule has 1 fully saturated rings. The Morgan fingerprint density at radius 3 is 2.75 bits per heavy atom. The Hall–Kier alpha value is -2.68. The normalized spacial score (nSPS) is 14.4. The first-order chi connectivity index (χ1) is 15.7. The number of carbonyl (C=O) groups excluding carboxylic acids is 1. The number of aromatic nitrogens is 1. The van der Waals surface area contributed by atoms with E-state index in [0.29, 0.717) is 19.6 Å². The summed E-state index contributed by atoms with van der Waals surface area (Å²) in [6.07, 6.45) is 1.18. The van der Waals surface area contributed by atoms with Crippen molar-refractivity contribution in [3.05, 3.63) is 48.5 Å². The van der Waals surface area contributed by atoms with Crippen LogP contribution in [-0.4, -0.2) is 68.9 Å². The summed E-state index contributed by atoms with van der Waals surface area (Å²) in [5, 5.41) is 0.722. The van der Waals surface area contributed by atoms with Crippen LogP contribution < -0.4 is 14.4 Å². The van der Waals surface area contributed by atoms with E-state index in [2.05, 4.69) is 4.90 Å². The second kappa shape index (κ2) is 11.3. The fourth-order valence-electron chi connectivity index (χ4n) is 3.65. The number of morpholine rings is 1. The molecule has 170 valence electrons. The molecule has 0 bridgehead atoms. The van der Waals surface area contributed by atoms with Gasteiger partial charge in [0.15, 0.2) is 5.13 Å². The van der Waals surface area contributed by atoms with Crippen LogP contribution in [0.5, 0.6) is 11.5 Å². The van der Waals surface area contributed by atoms with Gasteiger partial charge in [0, 0.05) is 26.2 Å². The number of nitrogens with zero attached hydrogens (tertiary/aromatic N) is 3. The summed E-state index contributed by atoms with van der Waals surface area (Å²) >= 11 is 1.52. The van der Waals surface area contributed by atoms with Crippen LogP contribution in [0.3, 0.4) is 0 Å². The van der Waals surface area contributed by atoms with E-state index in [0.717, 1.165) is 66.1 Å². The number of amides is 1. The van der Waals surface area contributed by atoms with Gasteiger partial charge < -0.3 is 14.2 Å². The molecule has 2 heterocycles. The summed E-state index contributed by atoms with van der Waals surface area (Å²) < 4.78 is 17.5. The van der Waals surface area contributed by atoms with E-state index >= 15 is 0 Å². The highest BCUT2D eigenvalue weighted by molar-refractivity contribution is 7.22. The second-order valence-corrected chi connectivity index (χ2v) is 8.60. The molecule has 7 nitrogen and oxygen atoms in total. The Kier molecular flexibility index (Phi) is 7.92. The molecule has 0 spiro atoms. The molecule has 1 aromatic heterocycles. The first kappa shape index (κ1) is 22.5. The predicted molar refractivity (Wildman–Crippen MR) is 127 cm³/mol. The molecule has 1 aliphatic heterocycles. The largest absolute Gasteiger partial charge is 0.497 e. The van der Waals surface area contributed by atoms with Crippen LogP contribution in [0.2, 0.25) is 0 Å². The molecule has 1 amide bonds. The number of fused-ring (bicyclic) bond motifs is 1. The molecule has 0 N–H and O–H groups in total. The van der Waals surface area contributed by atoms with Crippen molar-refractivity contribution in [1.82, 2.24) is 9.88 Å². The highest BCUT2D eigenvalue weighted by Crippen LogP contribution is 2.32. The van der Waals surface area contributed by atoms with Crippen molar-refractivity contribution in [1.29, 1.82) is 0 Å². The topological polar surface area (TPSA) is 64.1 Å². The van der Waals surface area contributed by atoms with Gasteiger partial charge in [0.25, 0.3) is 0 Å². The Labute approximate surface area is 192 Å². The van der Waals surface area contributed by atoms with Crippen LogP contribution in [0.4, 0.5) is 5.13 Å². The van der Waals surface area contributed by atoms with Gasteiger partial charge in [-0.2, -0.15) is 0 Å². The zero-order chi connectivity index (χ0) is 22.2. The Balaban J connectivity index is 1.43. The molecular weight excluding hydrogens is 426 g/mol. The molecule has 8 heteroatoms. The summed E-state index contributed by atoms with van der Waals surface area (Å²) in [6.45, 7) is 5.34. The molecule has 1 aliphatic rings. The number of methoxy groups -OCH3 is 1. The molecular formula is C24H29N3O4S. The van der Waals surface area contributed by atoms with E-state index in [-0.39, 0.29) is 5.91 Å². The lowest BCUT2D eigenvalue weighted by atomic mass is 10.3. The highest BCUT2D eigenvalue weighted by Gasteiger charge is 2.21. The van der Waals surface area contributed by atoms with Crippen LogP contribution in [0, 0.1) is 0 Å². The molecule has 1 saturated heterocycles. The van der Waals surface area contributed by atoms with Crippen LogP contribution in [0.15, 0.2) is 48.5 Å². The molecule has 0 aliphatic carbocycles. The average Bonchev–Trinajstić information content (AvgIpc) is 3.26. The Morgan fingerprint density at radius 2 is 1.97 bits per heavy atom. The van der Waals surface area contributed by atoms with E-state index in [1.54, 1.807) is 7.11 Å². The third-order valence-corrected chi connectivity index (χ3v) is 6.45. The lowest BCUT2D eigenvalue weighted by Gasteiger charge is -2.27. The molecule has 3 aromatic rings. The van der Waals surface area contributed by atoms with Gasteiger partial charge in [0.05, 0.1) is 43.6 Å². The van der Waals surface area contributed by atoms with Gasteiger partial charge in [-0.15, -0.1) is 0 Å². The zero-order valence-corrected chi connectivity index (χ0v) is 19.2. The number of para-hydroxylation sites is 1. The average molecular weight is 456 g/mol. The minimum atomic E-state index is 0.0222. The van der Waals surface area contributed by atoms with Gasteiger partial charge in [-0.1, -0.05) is 29.5 Å². The standard InChI is InChI=1S/C24H29N3O4S/c1-29-20-8-9-21-22(18-20)32-24(25-21)27(12-5-11-26-13-16-30-17-14-26)23(28)10-15-31-19-6-3-2-4-7-19/h2-4,6-9,18H,5,10-17H2,1H3. The number of anilines is 1. The maximum Gasteiger partial charge on any atom is 0.232 e. The summed E-state index contributed by atoms with van der Waals surface area (Å²) in [4.78, 5) is 22.1. The first-order valence-electron chi connectivity index (χ1n) is 11.0. The lowest BCUT2D eigenvalue weighted by Crippen LogP contribution is -2.39. The Morgan fingerprint density at radius 1 is 1.16 bits per heavy atom. The van der Waals surface area contributed by atoms with E-state index < -0.39 is 0 Å². The summed E-state index contributed by atoms with van der Waals surface area (Å²) in [7, 11) is 1.65. The molecule has 4 rings (SSSR count). The SMILES string of the molecule is COc1ccc2nc(N(CCCN3CCOCC3)C(=O)CCOc3ccccc3)sc2c1. The van der Waals surface area contributed by atoms with E-state index in [1.165, 1.54) is 11.3 Å². The number of ether oxygens (including phenoxy) is 3. The number of carbonyl (C=O) groups is 1. The minimum absolute atomic E-state index is 0.0222. The van der Waals surface area contributed by atoms with E-state index in [1.807, 2.05) is 53.4 Å². The van der Waals surface area contributed by atoms with Gasteiger partial charge in [-0.05, 0) is 36.8 Å². The van der Waals surface area contributed by atoms with Gasteiger partial charge in [-0.3, -0.25) is 14.6 Å². The van der Waals surface area contributed by atoms with Crippen molar-refractivity contribution < 1.29 is 19.0 Å². The fourth-order valence-corrected chi connectivity index (χ4v) is 4.68. The van der Waals surface area contributed by atoms with Crippen molar-refractivity contribution in [3.63, 3.8) is 0 Å². The number of rotatable bonds is 10. The maximum absolute atomic E-state index is 13.2. The van der Waals surface area contributed by atoms with E-state index in [4.69, 9.17) is 19.2 Å². The number of hydrogen-bond acceptors (Lipinski definition) is 7. The molecule has 0 saturated carbocycles. The fraction of sp³-hybridized carbons (Fsp3) is 0.417. The number of hydrogen-bond donors (Lipinski definition) is 0. The predicted octanol–water partition coefficient (Wildman–Crippen LogP) is 3.83. The van der Waals surface area contributed by atoms with Crippen LogP contribution in [-0.2, 0) is 9.53 Å². The highest BCUT2D eigenvalue weighted by atomic mass is 32.1. The summed E-state index contributed by atoms with van der Waals surface area (Å²) in [6, 6.07) is 15.4. The number of thiazole rings is 1. The smallest absolute Gasteiger partial charge is 0.232 e. The molecule has 2 aromatic carbocycles. The maximum atomic E-state index is 13.2. The van der Waals surface area contributed by atoms with Gasteiger partial charge in [0.2, 0.25) is 5.91 Å². The molecule has 0 unspecified atom stereocenters. The third-order valence-electron chi connectivity index (χ3n) is 5.40. The van der Waals surface area contributed by atoms with Crippen molar-refractivity contribution >= 4 is 32.6 Å². The van der Waals surface area contributed by atoms with Crippen molar-refractivity contribution in [3.8, 4) is 11.5 Å². The minimum Gasteiger partial charge on any atom is -0.497 e. The molecule has 32 heavy (non-hydrogen) atoms. The van der Waals surface area contributed by atoms with Gasteiger partial charge in [0.1, 0.15) is 11.5 Å². The van der Waals surface area contributed by atoms with Crippen molar-refractivity contribution in [2.45, 2.75) is 12.8 Å². The lowest BCUT2D eigenvalue weighted by molar-refractivity contribution is -0.119. The van der Waals surface area contributed by atoms with E-state index in [9.17, 15) is 4.79 Å². The monoisotopic (exact) mass is 455 g/mol.